The van der Waals surface area contributed by atoms with Crippen molar-refractivity contribution in [2.75, 3.05) is 20.1 Å². The zero-order chi connectivity index (χ0) is 24.6. The fraction of sp³-hybridized carbons (Fsp3) is 0.222. The molecule has 5 heterocycles. The number of ether oxygens (including phenoxy) is 1. The highest BCUT2D eigenvalue weighted by atomic mass is 32.1. The average molecular weight is 497 g/mol. The van der Waals surface area contributed by atoms with Gasteiger partial charge in [0.05, 0.1) is 35.1 Å². The number of imidazole rings is 1. The molecule has 0 saturated carbocycles. The lowest BCUT2D eigenvalue weighted by molar-refractivity contribution is 0.0332. The number of likely N-dealkylation sites (N-methyl/N-ethyl adjacent to an activating group) is 1. The number of nitrogens with zero attached hydrogens (tertiary/aromatic N) is 5. The summed E-state index contributed by atoms with van der Waals surface area (Å²) in [4.78, 5) is 36.8. The van der Waals surface area contributed by atoms with Gasteiger partial charge in [-0.1, -0.05) is 12.1 Å². The number of pyridine rings is 2. The Morgan fingerprint density at radius 3 is 2.83 bits per heavy atom. The van der Waals surface area contributed by atoms with E-state index in [1.54, 1.807) is 18.7 Å². The molecule has 9 heteroatoms. The Balaban J connectivity index is 1.29. The second kappa shape index (κ2) is 9.25. The standard InChI is InChI=1S/C27H24N6O2S/c1-16-4-3-5-22(32-16)25-24(30-15-31-25)17-6-7-21-18(10-17)11-19(12-28-21)26-29-13-23(36-26)27(34)35-20-8-9-33(2)14-20/h3-7,10-13,15,20H,8-9,14H2,1-2H3,(H,30,31)/t20-/m1/s1. The summed E-state index contributed by atoms with van der Waals surface area (Å²) in [5, 5.41) is 1.69. The first-order valence-electron chi connectivity index (χ1n) is 11.8. The molecule has 1 fully saturated rings. The fourth-order valence-corrected chi connectivity index (χ4v) is 5.27. The van der Waals surface area contributed by atoms with Gasteiger partial charge in [0.15, 0.2) is 0 Å². The summed E-state index contributed by atoms with van der Waals surface area (Å²) >= 11 is 1.32. The van der Waals surface area contributed by atoms with Crippen molar-refractivity contribution in [3.05, 3.63) is 71.8 Å². The second-order valence-corrected chi connectivity index (χ2v) is 10.1. The van der Waals surface area contributed by atoms with E-state index >= 15 is 0 Å². The highest BCUT2D eigenvalue weighted by Crippen LogP contribution is 2.32. The molecule has 1 aliphatic heterocycles. The van der Waals surface area contributed by atoms with Crippen molar-refractivity contribution in [1.82, 2.24) is 29.8 Å². The van der Waals surface area contributed by atoms with Crippen molar-refractivity contribution in [3.63, 3.8) is 0 Å². The first-order chi connectivity index (χ1) is 17.5. The lowest BCUT2D eigenvalue weighted by Gasteiger charge is -2.10. The molecule has 180 valence electrons. The maximum atomic E-state index is 12.6. The van der Waals surface area contributed by atoms with Crippen LogP contribution in [-0.4, -0.2) is 62.0 Å². The Hall–Kier alpha value is -3.95. The Morgan fingerprint density at radius 2 is 2.00 bits per heavy atom. The third-order valence-electron chi connectivity index (χ3n) is 6.31. The first kappa shape index (κ1) is 22.5. The van der Waals surface area contributed by atoms with Crippen LogP contribution in [0.1, 0.15) is 21.8 Å². The van der Waals surface area contributed by atoms with Crippen molar-refractivity contribution in [2.45, 2.75) is 19.4 Å². The van der Waals surface area contributed by atoms with Gasteiger partial charge in [-0.25, -0.2) is 14.8 Å². The van der Waals surface area contributed by atoms with Gasteiger partial charge in [0.2, 0.25) is 0 Å². The van der Waals surface area contributed by atoms with E-state index < -0.39 is 0 Å². The van der Waals surface area contributed by atoms with E-state index in [4.69, 9.17) is 4.74 Å². The number of aromatic amines is 1. The molecule has 0 amide bonds. The number of hydrogen-bond donors (Lipinski definition) is 1. The summed E-state index contributed by atoms with van der Waals surface area (Å²) < 4.78 is 5.66. The minimum atomic E-state index is -0.314. The van der Waals surface area contributed by atoms with Crippen LogP contribution in [0.2, 0.25) is 0 Å². The molecule has 0 unspecified atom stereocenters. The zero-order valence-electron chi connectivity index (χ0n) is 19.9. The topological polar surface area (TPSA) is 96.9 Å². The number of likely N-dealkylation sites (tertiary alicyclic amines) is 1. The molecule has 8 nitrogen and oxygen atoms in total. The number of carbonyl (C=O) groups excluding carboxylic acids is 1. The number of fused-ring (bicyclic) bond motifs is 1. The fourth-order valence-electron chi connectivity index (χ4n) is 4.49. The molecule has 1 aliphatic rings. The van der Waals surface area contributed by atoms with Gasteiger partial charge in [0.1, 0.15) is 16.0 Å². The molecule has 5 aromatic rings. The van der Waals surface area contributed by atoms with Gasteiger partial charge >= 0.3 is 5.97 Å². The van der Waals surface area contributed by atoms with Crippen LogP contribution in [0.15, 0.2) is 61.2 Å². The number of aryl methyl sites for hydroxylation is 1. The molecule has 4 aromatic heterocycles. The van der Waals surface area contributed by atoms with Crippen LogP contribution in [-0.2, 0) is 4.74 Å². The predicted molar refractivity (Wildman–Crippen MR) is 140 cm³/mol. The number of H-pyrrole nitrogens is 1. The molecule has 1 saturated heterocycles. The highest BCUT2D eigenvalue weighted by Gasteiger charge is 2.24. The van der Waals surface area contributed by atoms with Crippen LogP contribution in [0, 0.1) is 6.92 Å². The maximum Gasteiger partial charge on any atom is 0.350 e. The molecule has 0 radical (unpaired) electrons. The summed E-state index contributed by atoms with van der Waals surface area (Å²) in [6.07, 6.45) is 5.87. The van der Waals surface area contributed by atoms with Crippen molar-refractivity contribution < 1.29 is 9.53 Å². The van der Waals surface area contributed by atoms with Crippen molar-refractivity contribution in [3.8, 4) is 33.2 Å². The third kappa shape index (κ3) is 4.38. The summed E-state index contributed by atoms with van der Waals surface area (Å²) in [6.45, 7) is 3.68. The lowest BCUT2D eigenvalue weighted by Crippen LogP contribution is -2.21. The van der Waals surface area contributed by atoms with Gasteiger partial charge in [0.25, 0.3) is 0 Å². The number of nitrogens with one attached hydrogen (secondary N) is 1. The first-order valence-corrected chi connectivity index (χ1v) is 12.6. The number of hydrogen-bond acceptors (Lipinski definition) is 8. The van der Waals surface area contributed by atoms with Crippen LogP contribution in [0.4, 0.5) is 0 Å². The summed E-state index contributed by atoms with van der Waals surface area (Å²) in [5.74, 6) is -0.314. The Kier molecular flexibility index (Phi) is 5.79. The Labute approximate surface area is 212 Å². The number of carbonyl (C=O) groups is 1. The summed E-state index contributed by atoms with van der Waals surface area (Å²) in [7, 11) is 2.03. The molecule has 1 aromatic carbocycles. The van der Waals surface area contributed by atoms with E-state index in [-0.39, 0.29) is 12.1 Å². The molecule has 6 rings (SSSR count). The van der Waals surface area contributed by atoms with Crippen LogP contribution >= 0.6 is 11.3 Å². The van der Waals surface area contributed by atoms with E-state index in [1.165, 1.54) is 11.3 Å². The Bertz CT molecular complexity index is 1580. The monoisotopic (exact) mass is 496 g/mol. The largest absolute Gasteiger partial charge is 0.457 e. The molecular weight excluding hydrogens is 472 g/mol. The molecular formula is C27H24N6O2S. The normalized spacial score (nSPS) is 16.0. The Morgan fingerprint density at radius 1 is 1.11 bits per heavy atom. The van der Waals surface area contributed by atoms with Gasteiger partial charge in [0, 0.05) is 41.5 Å². The van der Waals surface area contributed by atoms with E-state index in [1.807, 2.05) is 50.4 Å². The molecule has 0 spiro atoms. The third-order valence-corrected chi connectivity index (χ3v) is 7.34. The van der Waals surface area contributed by atoms with Gasteiger partial charge in [-0.2, -0.15) is 0 Å². The summed E-state index contributed by atoms with van der Waals surface area (Å²) in [6, 6.07) is 14.1. The summed E-state index contributed by atoms with van der Waals surface area (Å²) in [5.41, 5.74) is 6.19. The average Bonchev–Trinajstić information content (AvgIpc) is 3.64. The van der Waals surface area contributed by atoms with Gasteiger partial charge in [-0.15, -0.1) is 11.3 Å². The van der Waals surface area contributed by atoms with Crippen LogP contribution in [0.25, 0.3) is 44.1 Å². The van der Waals surface area contributed by atoms with Crippen LogP contribution in [0.3, 0.4) is 0 Å². The molecule has 0 aliphatic carbocycles. The van der Waals surface area contributed by atoms with Crippen LogP contribution in [0.5, 0.6) is 0 Å². The van der Waals surface area contributed by atoms with Gasteiger partial charge in [-0.05, 0) is 50.7 Å². The minimum Gasteiger partial charge on any atom is -0.457 e. The van der Waals surface area contributed by atoms with E-state index in [0.717, 1.165) is 69.3 Å². The number of thiazole rings is 1. The quantitative estimate of drug-likeness (QED) is 0.343. The predicted octanol–water partition coefficient (Wildman–Crippen LogP) is 4.98. The van der Waals surface area contributed by atoms with Crippen LogP contribution < -0.4 is 0 Å². The SMILES string of the molecule is Cc1cccc(-c2[nH]cnc2-c2ccc3ncc(-c4ncc(C(=O)O[C@@H]5CCN(C)C5)s4)cc3c2)n1. The minimum absolute atomic E-state index is 0.0595. The number of esters is 1. The smallest absolute Gasteiger partial charge is 0.350 e. The number of aromatic nitrogens is 5. The molecule has 1 atom stereocenters. The van der Waals surface area contributed by atoms with E-state index in [9.17, 15) is 4.79 Å². The zero-order valence-corrected chi connectivity index (χ0v) is 20.7. The van der Waals surface area contributed by atoms with Crippen molar-refractivity contribution in [2.24, 2.45) is 0 Å². The number of benzene rings is 1. The van der Waals surface area contributed by atoms with Gasteiger partial charge < -0.3 is 14.6 Å². The molecule has 0 bridgehead atoms. The molecule has 1 N–H and O–H groups in total. The number of rotatable bonds is 5. The van der Waals surface area contributed by atoms with Crippen molar-refractivity contribution >= 4 is 28.2 Å². The lowest BCUT2D eigenvalue weighted by atomic mass is 10.0. The van der Waals surface area contributed by atoms with E-state index in [0.29, 0.717) is 4.88 Å². The van der Waals surface area contributed by atoms with Gasteiger partial charge in [-0.3, -0.25) is 9.97 Å². The molecule has 36 heavy (non-hydrogen) atoms. The van der Waals surface area contributed by atoms with Crippen molar-refractivity contribution in [1.29, 1.82) is 0 Å². The maximum absolute atomic E-state index is 12.6. The highest BCUT2D eigenvalue weighted by molar-refractivity contribution is 7.16. The second-order valence-electron chi connectivity index (χ2n) is 9.03. The van der Waals surface area contributed by atoms with E-state index in [2.05, 4.69) is 35.9 Å².